The van der Waals surface area contributed by atoms with Crippen LogP contribution in [-0.2, 0) is 4.79 Å². The van der Waals surface area contributed by atoms with Crippen LogP contribution in [0.3, 0.4) is 0 Å². The summed E-state index contributed by atoms with van der Waals surface area (Å²) < 4.78 is 5.75. The first-order valence-corrected chi connectivity index (χ1v) is 12.3. The molecule has 35 heavy (non-hydrogen) atoms. The molecular formula is C28H30Cl2N2O3. The second-order valence-corrected chi connectivity index (χ2v) is 9.82. The summed E-state index contributed by atoms with van der Waals surface area (Å²) in [4.78, 5) is 25.6. The molecule has 0 spiro atoms. The molecule has 0 aliphatic heterocycles. The van der Waals surface area contributed by atoms with Crippen LogP contribution in [0.5, 0.6) is 5.75 Å². The smallest absolute Gasteiger partial charge is 0.265 e. The first-order valence-electron chi connectivity index (χ1n) is 11.5. The zero-order chi connectivity index (χ0) is 25.7. The molecule has 7 heteroatoms. The first kappa shape index (κ1) is 26.6. The number of halogens is 2. The van der Waals surface area contributed by atoms with Crippen LogP contribution in [0.25, 0.3) is 0 Å². The Hall–Kier alpha value is -3.02. The minimum Gasteiger partial charge on any atom is -0.481 e. The Labute approximate surface area is 216 Å². The third-order valence-corrected chi connectivity index (χ3v) is 6.16. The number of anilines is 2. The fraction of sp³-hybridized carbons (Fsp3) is 0.286. The highest BCUT2D eigenvalue weighted by molar-refractivity contribution is 6.35. The molecule has 0 aromatic heterocycles. The van der Waals surface area contributed by atoms with E-state index in [1.807, 2.05) is 18.2 Å². The van der Waals surface area contributed by atoms with Gasteiger partial charge in [-0.3, -0.25) is 9.59 Å². The van der Waals surface area contributed by atoms with Crippen LogP contribution in [0.1, 0.15) is 67.9 Å². The van der Waals surface area contributed by atoms with Crippen LogP contribution < -0.4 is 15.4 Å². The molecule has 1 atom stereocenters. The topological polar surface area (TPSA) is 67.4 Å². The quantitative estimate of drug-likeness (QED) is 0.322. The summed E-state index contributed by atoms with van der Waals surface area (Å²) in [6.07, 6.45) is -0.795. The molecule has 0 heterocycles. The zero-order valence-corrected chi connectivity index (χ0v) is 22.0. The van der Waals surface area contributed by atoms with Crippen molar-refractivity contribution in [2.75, 3.05) is 10.6 Å². The van der Waals surface area contributed by atoms with Crippen molar-refractivity contribution >= 4 is 46.4 Å². The highest BCUT2D eigenvalue weighted by Crippen LogP contribution is 2.33. The Kier molecular flexibility index (Phi) is 8.82. The van der Waals surface area contributed by atoms with Crippen LogP contribution in [0, 0.1) is 0 Å². The average molecular weight is 513 g/mol. The van der Waals surface area contributed by atoms with Crippen LogP contribution in [0.4, 0.5) is 11.4 Å². The number of hydrogen-bond acceptors (Lipinski definition) is 3. The van der Waals surface area contributed by atoms with E-state index < -0.39 is 6.10 Å². The fourth-order valence-electron chi connectivity index (χ4n) is 3.65. The third kappa shape index (κ3) is 6.77. The molecule has 2 N–H and O–H groups in total. The molecule has 5 nitrogen and oxygen atoms in total. The van der Waals surface area contributed by atoms with Crippen molar-refractivity contribution in [1.29, 1.82) is 0 Å². The largest absolute Gasteiger partial charge is 0.481 e. The van der Waals surface area contributed by atoms with Gasteiger partial charge in [-0.1, -0.05) is 69.1 Å². The summed E-state index contributed by atoms with van der Waals surface area (Å²) in [5.41, 5.74) is 3.98. The lowest BCUT2D eigenvalue weighted by atomic mass is 9.92. The number of amides is 2. The highest BCUT2D eigenvalue weighted by Gasteiger charge is 2.19. The van der Waals surface area contributed by atoms with Crippen molar-refractivity contribution in [2.45, 2.75) is 52.6 Å². The van der Waals surface area contributed by atoms with Gasteiger partial charge in [0.1, 0.15) is 5.75 Å². The molecule has 3 rings (SSSR count). The van der Waals surface area contributed by atoms with Gasteiger partial charge in [0, 0.05) is 16.3 Å². The lowest BCUT2D eigenvalue weighted by Crippen LogP contribution is -2.30. The molecular weight excluding hydrogens is 483 g/mol. The maximum Gasteiger partial charge on any atom is 0.265 e. The van der Waals surface area contributed by atoms with E-state index in [1.165, 1.54) is 0 Å². The summed E-state index contributed by atoms with van der Waals surface area (Å²) in [5, 5.41) is 6.66. The Morgan fingerprint density at radius 1 is 0.800 bits per heavy atom. The van der Waals surface area contributed by atoms with E-state index in [2.05, 4.69) is 38.3 Å². The number of rotatable bonds is 8. The number of carbonyl (C=O) groups is 2. The van der Waals surface area contributed by atoms with Crippen molar-refractivity contribution < 1.29 is 14.3 Å². The lowest BCUT2D eigenvalue weighted by molar-refractivity contribution is -0.122. The van der Waals surface area contributed by atoms with Gasteiger partial charge in [-0.05, 0) is 72.4 Å². The van der Waals surface area contributed by atoms with Crippen molar-refractivity contribution in [1.82, 2.24) is 0 Å². The summed E-state index contributed by atoms with van der Waals surface area (Å²) in [7, 11) is 0. The number of benzene rings is 3. The van der Waals surface area contributed by atoms with Gasteiger partial charge in [0.15, 0.2) is 6.10 Å². The second kappa shape index (κ2) is 11.6. The minimum absolute atomic E-state index is 0.201. The molecule has 0 aliphatic carbocycles. The van der Waals surface area contributed by atoms with Gasteiger partial charge in [-0.2, -0.15) is 0 Å². The molecule has 0 radical (unpaired) electrons. The lowest BCUT2D eigenvalue weighted by Gasteiger charge is -2.20. The second-order valence-electron chi connectivity index (χ2n) is 8.97. The van der Waals surface area contributed by atoms with E-state index in [0.717, 1.165) is 16.8 Å². The van der Waals surface area contributed by atoms with Gasteiger partial charge >= 0.3 is 0 Å². The van der Waals surface area contributed by atoms with E-state index in [1.54, 1.807) is 49.4 Å². The normalized spacial score (nSPS) is 11.9. The summed E-state index contributed by atoms with van der Waals surface area (Å²) >= 11 is 12.1. The predicted molar refractivity (Wildman–Crippen MR) is 144 cm³/mol. The SMILES string of the molecule is CC(Oc1ccc(C(=O)Nc2c(C(C)C)cccc2C(C)C)cc1)C(=O)Nc1cc(Cl)ccc1Cl. The number of ether oxygens (including phenoxy) is 1. The van der Waals surface area contributed by atoms with Gasteiger partial charge in [-0.25, -0.2) is 0 Å². The Bertz CT molecular complexity index is 1180. The van der Waals surface area contributed by atoms with Gasteiger partial charge in [0.2, 0.25) is 0 Å². The Morgan fingerprint density at radius 2 is 1.40 bits per heavy atom. The maximum absolute atomic E-state index is 13.0. The van der Waals surface area contributed by atoms with Gasteiger partial charge in [-0.15, -0.1) is 0 Å². The molecule has 0 aliphatic rings. The monoisotopic (exact) mass is 512 g/mol. The van der Waals surface area contributed by atoms with E-state index in [9.17, 15) is 9.59 Å². The molecule has 0 fully saturated rings. The van der Waals surface area contributed by atoms with E-state index in [0.29, 0.717) is 27.0 Å². The van der Waals surface area contributed by atoms with Crippen molar-refractivity contribution in [3.8, 4) is 5.75 Å². The Morgan fingerprint density at radius 3 is 1.97 bits per heavy atom. The number of carbonyl (C=O) groups excluding carboxylic acids is 2. The van der Waals surface area contributed by atoms with E-state index in [4.69, 9.17) is 27.9 Å². The number of hydrogen-bond donors (Lipinski definition) is 2. The first-order chi connectivity index (χ1) is 16.6. The highest BCUT2D eigenvalue weighted by atomic mass is 35.5. The summed E-state index contributed by atoms with van der Waals surface area (Å²) in [6, 6.07) is 17.6. The molecule has 2 amide bonds. The van der Waals surface area contributed by atoms with Gasteiger partial charge < -0.3 is 15.4 Å². The van der Waals surface area contributed by atoms with Crippen LogP contribution in [0.15, 0.2) is 60.7 Å². The van der Waals surface area contributed by atoms with E-state index >= 15 is 0 Å². The average Bonchev–Trinajstić information content (AvgIpc) is 2.81. The maximum atomic E-state index is 13.0. The number of para-hydroxylation sites is 1. The van der Waals surface area contributed by atoms with Crippen LogP contribution >= 0.6 is 23.2 Å². The van der Waals surface area contributed by atoms with E-state index in [-0.39, 0.29) is 23.7 Å². The molecule has 0 bridgehead atoms. The van der Waals surface area contributed by atoms with Crippen LogP contribution in [-0.4, -0.2) is 17.9 Å². The van der Waals surface area contributed by atoms with Crippen molar-refractivity contribution in [3.05, 3.63) is 87.4 Å². The molecule has 1 unspecified atom stereocenters. The summed E-state index contributed by atoms with van der Waals surface area (Å²) in [6.45, 7) is 10.1. The minimum atomic E-state index is -0.795. The van der Waals surface area contributed by atoms with Crippen molar-refractivity contribution in [3.63, 3.8) is 0 Å². The van der Waals surface area contributed by atoms with Gasteiger partial charge in [0.25, 0.3) is 11.8 Å². The molecule has 0 saturated heterocycles. The predicted octanol–water partition coefficient (Wildman–Crippen LogP) is 7.90. The molecule has 3 aromatic carbocycles. The standard InChI is InChI=1S/C28H30Cl2N2O3/c1-16(2)22-7-6-8-23(17(3)4)26(22)32-28(34)19-9-12-21(13-10-19)35-18(5)27(33)31-25-15-20(29)11-14-24(25)30/h6-18H,1-5H3,(H,31,33)(H,32,34). The summed E-state index contributed by atoms with van der Waals surface area (Å²) in [5.74, 6) is 0.436. The van der Waals surface area contributed by atoms with Crippen molar-refractivity contribution in [2.24, 2.45) is 0 Å². The van der Waals surface area contributed by atoms with Gasteiger partial charge in [0.05, 0.1) is 10.7 Å². The third-order valence-electron chi connectivity index (χ3n) is 5.60. The molecule has 184 valence electrons. The number of nitrogens with one attached hydrogen (secondary N) is 2. The zero-order valence-electron chi connectivity index (χ0n) is 20.5. The molecule has 0 saturated carbocycles. The fourth-order valence-corrected chi connectivity index (χ4v) is 3.99. The Balaban J connectivity index is 1.69. The molecule has 3 aromatic rings. The van der Waals surface area contributed by atoms with Crippen LogP contribution in [0.2, 0.25) is 10.0 Å².